The summed E-state index contributed by atoms with van der Waals surface area (Å²) < 4.78 is 1.18. The van der Waals surface area contributed by atoms with Crippen molar-refractivity contribution in [1.82, 2.24) is 4.98 Å². The SMILES string of the molecule is Cc1ccc(C(=O)Cc2ccc(I)cc2)c(C)n1. The molecule has 2 aromatic rings. The molecular weight excluding hydrogens is 337 g/mol. The van der Waals surface area contributed by atoms with Crippen LogP contribution >= 0.6 is 22.6 Å². The minimum Gasteiger partial charge on any atom is -0.294 e. The van der Waals surface area contributed by atoms with Gasteiger partial charge in [-0.3, -0.25) is 9.78 Å². The van der Waals surface area contributed by atoms with Crippen LogP contribution in [0.2, 0.25) is 0 Å². The second-order valence-corrected chi connectivity index (χ2v) is 5.56. The number of carbonyl (C=O) groups is 1. The first-order valence-corrected chi connectivity index (χ1v) is 6.86. The Balaban J connectivity index is 2.19. The van der Waals surface area contributed by atoms with Crippen molar-refractivity contribution >= 4 is 28.4 Å². The average molecular weight is 351 g/mol. The van der Waals surface area contributed by atoms with Crippen molar-refractivity contribution in [2.45, 2.75) is 20.3 Å². The lowest BCUT2D eigenvalue weighted by Gasteiger charge is -2.05. The van der Waals surface area contributed by atoms with E-state index >= 15 is 0 Å². The molecule has 0 spiro atoms. The summed E-state index contributed by atoms with van der Waals surface area (Å²) in [6.45, 7) is 3.81. The summed E-state index contributed by atoms with van der Waals surface area (Å²) in [5.41, 5.74) is 3.52. The molecule has 92 valence electrons. The van der Waals surface area contributed by atoms with Crippen LogP contribution in [-0.2, 0) is 6.42 Å². The molecule has 2 nitrogen and oxygen atoms in total. The van der Waals surface area contributed by atoms with E-state index in [0.717, 1.165) is 22.5 Å². The standard InChI is InChI=1S/C15H14INO/c1-10-3-8-14(11(2)17-10)15(18)9-12-4-6-13(16)7-5-12/h3-8H,9H2,1-2H3. The summed E-state index contributed by atoms with van der Waals surface area (Å²) in [5.74, 6) is 0.126. The molecule has 0 unspecified atom stereocenters. The highest BCUT2D eigenvalue weighted by Gasteiger charge is 2.10. The lowest BCUT2D eigenvalue weighted by atomic mass is 10.0. The van der Waals surface area contributed by atoms with Gasteiger partial charge in [0.25, 0.3) is 0 Å². The van der Waals surface area contributed by atoms with Crippen LogP contribution in [-0.4, -0.2) is 10.8 Å². The molecular formula is C15H14INO. The Morgan fingerprint density at radius 1 is 1.11 bits per heavy atom. The lowest BCUT2D eigenvalue weighted by Crippen LogP contribution is -2.07. The number of benzene rings is 1. The van der Waals surface area contributed by atoms with Gasteiger partial charge >= 0.3 is 0 Å². The number of halogens is 1. The van der Waals surface area contributed by atoms with Crippen LogP contribution < -0.4 is 0 Å². The fourth-order valence-electron chi connectivity index (χ4n) is 1.86. The summed E-state index contributed by atoms with van der Waals surface area (Å²) in [6, 6.07) is 11.8. The van der Waals surface area contributed by atoms with E-state index in [1.165, 1.54) is 3.57 Å². The zero-order valence-electron chi connectivity index (χ0n) is 10.4. The Kier molecular flexibility index (Phi) is 4.11. The van der Waals surface area contributed by atoms with Gasteiger partial charge < -0.3 is 0 Å². The topological polar surface area (TPSA) is 30.0 Å². The maximum Gasteiger partial charge on any atom is 0.169 e. The molecule has 0 saturated carbocycles. The van der Waals surface area contributed by atoms with E-state index in [9.17, 15) is 4.79 Å². The normalized spacial score (nSPS) is 10.4. The third-order valence-corrected chi connectivity index (χ3v) is 3.52. The second kappa shape index (κ2) is 5.61. The molecule has 0 aliphatic heterocycles. The lowest BCUT2D eigenvalue weighted by molar-refractivity contribution is 0.0992. The van der Waals surface area contributed by atoms with Gasteiger partial charge in [-0.2, -0.15) is 0 Å². The fourth-order valence-corrected chi connectivity index (χ4v) is 2.22. The number of rotatable bonds is 3. The number of carbonyl (C=O) groups excluding carboxylic acids is 1. The van der Waals surface area contributed by atoms with Gasteiger partial charge in [-0.25, -0.2) is 0 Å². The second-order valence-electron chi connectivity index (χ2n) is 4.31. The molecule has 0 N–H and O–H groups in total. The smallest absolute Gasteiger partial charge is 0.169 e. The van der Waals surface area contributed by atoms with Gasteiger partial charge in [0.15, 0.2) is 5.78 Å². The van der Waals surface area contributed by atoms with E-state index in [2.05, 4.69) is 27.6 Å². The van der Waals surface area contributed by atoms with Crippen LogP contribution in [0.1, 0.15) is 27.3 Å². The van der Waals surface area contributed by atoms with Crippen LogP contribution in [0.25, 0.3) is 0 Å². The minimum atomic E-state index is 0.126. The van der Waals surface area contributed by atoms with Gasteiger partial charge in [0.05, 0.1) is 0 Å². The monoisotopic (exact) mass is 351 g/mol. The summed E-state index contributed by atoms with van der Waals surface area (Å²) in [7, 11) is 0. The zero-order valence-corrected chi connectivity index (χ0v) is 12.6. The van der Waals surface area contributed by atoms with Gasteiger partial charge in [-0.05, 0) is 66.3 Å². The van der Waals surface area contributed by atoms with Gasteiger partial charge in [0.2, 0.25) is 0 Å². The first-order valence-electron chi connectivity index (χ1n) is 5.78. The maximum absolute atomic E-state index is 12.2. The van der Waals surface area contributed by atoms with Gasteiger partial charge in [-0.1, -0.05) is 12.1 Å². The van der Waals surface area contributed by atoms with Crippen molar-refractivity contribution < 1.29 is 4.79 Å². The summed E-state index contributed by atoms with van der Waals surface area (Å²) in [6.07, 6.45) is 0.433. The first-order chi connectivity index (χ1) is 8.56. The number of hydrogen-bond donors (Lipinski definition) is 0. The van der Waals surface area contributed by atoms with Crippen LogP contribution in [0.15, 0.2) is 36.4 Å². The molecule has 0 saturated heterocycles. The number of aryl methyl sites for hydroxylation is 2. The van der Waals surface area contributed by atoms with Crippen molar-refractivity contribution in [2.75, 3.05) is 0 Å². The number of Topliss-reactive ketones (excluding diaryl/α,β-unsaturated/α-hetero) is 1. The third kappa shape index (κ3) is 3.16. The zero-order chi connectivity index (χ0) is 13.1. The fraction of sp³-hybridized carbons (Fsp3) is 0.200. The van der Waals surface area contributed by atoms with Crippen LogP contribution in [0.4, 0.5) is 0 Å². The molecule has 0 aliphatic rings. The highest BCUT2D eigenvalue weighted by atomic mass is 127. The molecule has 1 aromatic carbocycles. The van der Waals surface area contributed by atoms with Crippen molar-refractivity contribution in [3.63, 3.8) is 0 Å². The number of nitrogens with zero attached hydrogens (tertiary/aromatic N) is 1. The Morgan fingerprint density at radius 2 is 1.78 bits per heavy atom. The Morgan fingerprint density at radius 3 is 2.39 bits per heavy atom. The third-order valence-electron chi connectivity index (χ3n) is 2.80. The minimum absolute atomic E-state index is 0.126. The summed E-state index contributed by atoms with van der Waals surface area (Å²) >= 11 is 2.26. The molecule has 0 bridgehead atoms. The molecule has 0 amide bonds. The summed E-state index contributed by atoms with van der Waals surface area (Å²) in [5, 5.41) is 0. The van der Waals surface area contributed by atoms with Crippen LogP contribution in [0.3, 0.4) is 0 Å². The largest absolute Gasteiger partial charge is 0.294 e. The highest BCUT2D eigenvalue weighted by molar-refractivity contribution is 14.1. The molecule has 18 heavy (non-hydrogen) atoms. The van der Waals surface area contributed by atoms with E-state index in [-0.39, 0.29) is 5.78 Å². The van der Waals surface area contributed by atoms with Gasteiger partial charge in [0, 0.05) is 26.9 Å². The van der Waals surface area contributed by atoms with Gasteiger partial charge in [0.1, 0.15) is 0 Å². The molecule has 2 rings (SSSR count). The first kappa shape index (κ1) is 13.2. The van der Waals surface area contributed by atoms with Crippen molar-refractivity contribution in [3.8, 4) is 0 Å². The van der Waals surface area contributed by atoms with Crippen LogP contribution in [0, 0.1) is 17.4 Å². The maximum atomic E-state index is 12.2. The number of aromatic nitrogens is 1. The number of hydrogen-bond acceptors (Lipinski definition) is 2. The van der Waals surface area contributed by atoms with Crippen molar-refractivity contribution in [1.29, 1.82) is 0 Å². The van der Waals surface area contributed by atoms with E-state index in [1.807, 2.05) is 50.2 Å². The predicted molar refractivity (Wildman–Crippen MR) is 80.9 cm³/mol. The molecule has 3 heteroatoms. The highest BCUT2D eigenvalue weighted by Crippen LogP contribution is 2.13. The Hall–Kier alpha value is -1.23. The summed E-state index contributed by atoms with van der Waals surface area (Å²) in [4.78, 5) is 16.5. The Labute approximate surface area is 121 Å². The van der Waals surface area contributed by atoms with Crippen molar-refractivity contribution in [3.05, 3.63) is 62.5 Å². The predicted octanol–water partition coefficient (Wildman–Crippen LogP) is 3.73. The molecule has 0 fully saturated rings. The molecule has 0 radical (unpaired) electrons. The van der Waals surface area contributed by atoms with E-state index in [4.69, 9.17) is 0 Å². The Bertz CT molecular complexity index is 576. The molecule has 0 aliphatic carbocycles. The van der Waals surface area contributed by atoms with Crippen LogP contribution in [0.5, 0.6) is 0 Å². The molecule has 1 heterocycles. The quantitative estimate of drug-likeness (QED) is 0.623. The average Bonchev–Trinajstić information content (AvgIpc) is 2.32. The van der Waals surface area contributed by atoms with E-state index in [0.29, 0.717) is 6.42 Å². The molecule has 0 atom stereocenters. The van der Waals surface area contributed by atoms with E-state index in [1.54, 1.807) is 0 Å². The van der Waals surface area contributed by atoms with E-state index < -0.39 is 0 Å². The number of pyridine rings is 1. The van der Waals surface area contributed by atoms with Gasteiger partial charge in [-0.15, -0.1) is 0 Å². The number of ketones is 1. The molecule has 1 aromatic heterocycles. The van der Waals surface area contributed by atoms with Crippen molar-refractivity contribution in [2.24, 2.45) is 0 Å².